The van der Waals surface area contributed by atoms with Crippen molar-refractivity contribution < 1.29 is 14.0 Å². The molecule has 1 unspecified atom stereocenters. The van der Waals surface area contributed by atoms with Crippen LogP contribution in [0, 0.1) is 12.7 Å². The zero-order chi connectivity index (χ0) is 16.4. The molecule has 3 rings (SSSR count). The molecule has 0 aliphatic carbocycles. The third kappa shape index (κ3) is 2.92. The zero-order valence-corrected chi connectivity index (χ0v) is 12.9. The molecule has 0 saturated heterocycles. The van der Waals surface area contributed by atoms with Gasteiger partial charge in [0.05, 0.1) is 6.54 Å². The van der Waals surface area contributed by atoms with E-state index in [1.54, 1.807) is 37.4 Å². The van der Waals surface area contributed by atoms with Crippen LogP contribution in [0.5, 0.6) is 0 Å². The second-order valence-electron chi connectivity index (χ2n) is 5.35. The van der Waals surface area contributed by atoms with Crippen molar-refractivity contribution in [3.63, 3.8) is 0 Å². The number of aromatic nitrogens is 1. The minimum Gasteiger partial charge on any atom is -0.381 e. The fourth-order valence-corrected chi connectivity index (χ4v) is 2.39. The third-order valence-corrected chi connectivity index (χ3v) is 3.67. The smallest absolute Gasteiger partial charge is 0.272 e. The highest BCUT2D eigenvalue weighted by Gasteiger charge is 2.33. The molecule has 0 N–H and O–H groups in total. The van der Waals surface area contributed by atoms with Crippen molar-refractivity contribution in [3.05, 3.63) is 65.2 Å². The van der Waals surface area contributed by atoms with E-state index in [0.29, 0.717) is 17.1 Å². The summed E-state index contributed by atoms with van der Waals surface area (Å²) in [7, 11) is 0. The Morgan fingerprint density at radius 2 is 2.04 bits per heavy atom. The van der Waals surface area contributed by atoms with Gasteiger partial charge in [-0.2, -0.15) is 0 Å². The first-order chi connectivity index (χ1) is 11.1. The lowest BCUT2D eigenvalue weighted by molar-refractivity contribution is -0.142. The summed E-state index contributed by atoms with van der Waals surface area (Å²) < 4.78 is 14.0. The molecular weight excluding hydrogens is 297 g/mol. The molecule has 2 aromatic rings. The predicted octanol–water partition coefficient (Wildman–Crippen LogP) is 2.64. The largest absolute Gasteiger partial charge is 0.381 e. The second-order valence-corrected chi connectivity index (χ2v) is 5.35. The summed E-state index contributed by atoms with van der Waals surface area (Å²) in [6, 6.07) is 10.0. The van der Waals surface area contributed by atoms with Crippen molar-refractivity contribution >= 4 is 11.7 Å². The molecule has 1 atom stereocenters. The maximum atomic E-state index is 14.0. The van der Waals surface area contributed by atoms with Crippen LogP contribution in [0.25, 0.3) is 0 Å². The summed E-state index contributed by atoms with van der Waals surface area (Å²) in [5, 5.41) is 4.04. The van der Waals surface area contributed by atoms with Crippen molar-refractivity contribution in [1.82, 2.24) is 9.88 Å². The van der Waals surface area contributed by atoms with Gasteiger partial charge in [-0.3, -0.25) is 14.7 Å². The van der Waals surface area contributed by atoms with E-state index in [2.05, 4.69) is 10.1 Å². The van der Waals surface area contributed by atoms with E-state index in [9.17, 15) is 9.18 Å². The van der Waals surface area contributed by atoms with Gasteiger partial charge in [0.1, 0.15) is 11.5 Å². The van der Waals surface area contributed by atoms with Crippen LogP contribution in [0.15, 0.2) is 47.8 Å². The van der Waals surface area contributed by atoms with Crippen LogP contribution < -0.4 is 0 Å². The molecule has 0 radical (unpaired) electrons. The molecule has 0 fully saturated rings. The number of amidine groups is 1. The average molecular weight is 313 g/mol. The molecule has 1 aliphatic heterocycles. The van der Waals surface area contributed by atoms with Gasteiger partial charge in [0, 0.05) is 11.8 Å². The Balaban J connectivity index is 2.01. The van der Waals surface area contributed by atoms with Crippen LogP contribution in [-0.2, 0) is 16.2 Å². The highest BCUT2D eigenvalue weighted by atomic mass is 19.1. The molecule has 5 nitrogen and oxygen atoms in total. The number of hydrogen-bond donors (Lipinski definition) is 0. The SMILES string of the molecule is Cc1cccnc1C1=NOC(C)C(=O)N1Cc1ccccc1F. The second kappa shape index (κ2) is 6.16. The number of carbonyl (C=O) groups is 1. The lowest BCUT2D eigenvalue weighted by Crippen LogP contribution is -2.46. The van der Waals surface area contributed by atoms with Gasteiger partial charge in [0.25, 0.3) is 5.91 Å². The summed E-state index contributed by atoms with van der Waals surface area (Å²) in [5.74, 6) is -0.339. The lowest BCUT2D eigenvalue weighted by Gasteiger charge is -2.30. The molecule has 0 saturated carbocycles. The van der Waals surface area contributed by atoms with Gasteiger partial charge < -0.3 is 4.84 Å². The molecule has 6 heteroatoms. The van der Waals surface area contributed by atoms with Gasteiger partial charge in [-0.25, -0.2) is 4.39 Å². The van der Waals surface area contributed by atoms with Crippen molar-refractivity contribution in [3.8, 4) is 0 Å². The van der Waals surface area contributed by atoms with Crippen LogP contribution in [0.1, 0.15) is 23.7 Å². The van der Waals surface area contributed by atoms with Crippen LogP contribution in [0.2, 0.25) is 0 Å². The fraction of sp³-hybridized carbons (Fsp3) is 0.235. The number of oxime groups is 1. The Bertz CT molecular complexity index is 776. The number of aryl methyl sites for hydroxylation is 1. The lowest BCUT2D eigenvalue weighted by atomic mass is 10.1. The normalized spacial score (nSPS) is 17.7. The summed E-state index contributed by atoms with van der Waals surface area (Å²) >= 11 is 0. The monoisotopic (exact) mass is 313 g/mol. The number of amides is 1. The number of carbonyl (C=O) groups excluding carboxylic acids is 1. The maximum absolute atomic E-state index is 14.0. The van der Waals surface area contributed by atoms with E-state index in [-0.39, 0.29) is 18.3 Å². The van der Waals surface area contributed by atoms with Gasteiger partial charge in [-0.05, 0) is 31.5 Å². The Morgan fingerprint density at radius 1 is 1.26 bits per heavy atom. The topological polar surface area (TPSA) is 54.8 Å². The minimum atomic E-state index is -0.713. The van der Waals surface area contributed by atoms with E-state index in [1.165, 1.54) is 11.0 Å². The number of nitrogens with zero attached hydrogens (tertiary/aromatic N) is 3. The zero-order valence-electron chi connectivity index (χ0n) is 12.9. The number of benzene rings is 1. The number of rotatable bonds is 3. The molecular formula is C17H16FN3O2. The van der Waals surface area contributed by atoms with E-state index < -0.39 is 6.10 Å². The first-order valence-corrected chi connectivity index (χ1v) is 7.28. The highest BCUT2D eigenvalue weighted by Crippen LogP contribution is 2.20. The molecule has 118 valence electrons. The van der Waals surface area contributed by atoms with Crippen LogP contribution in [0.3, 0.4) is 0 Å². The Kier molecular flexibility index (Phi) is 4.06. The van der Waals surface area contributed by atoms with Crippen molar-refractivity contribution in [2.75, 3.05) is 0 Å². The number of halogens is 1. The first kappa shape index (κ1) is 15.1. The number of pyridine rings is 1. The van der Waals surface area contributed by atoms with Gasteiger partial charge in [-0.15, -0.1) is 0 Å². The van der Waals surface area contributed by atoms with Crippen molar-refractivity contribution in [1.29, 1.82) is 0 Å². The van der Waals surface area contributed by atoms with E-state index >= 15 is 0 Å². The fourth-order valence-electron chi connectivity index (χ4n) is 2.39. The Labute approximate surface area is 133 Å². The summed E-state index contributed by atoms with van der Waals surface area (Å²) in [6.45, 7) is 3.56. The molecule has 23 heavy (non-hydrogen) atoms. The minimum absolute atomic E-state index is 0.0774. The molecule has 0 bridgehead atoms. The quantitative estimate of drug-likeness (QED) is 0.875. The molecule has 1 amide bonds. The van der Waals surface area contributed by atoms with E-state index in [0.717, 1.165) is 5.56 Å². The van der Waals surface area contributed by atoms with Crippen molar-refractivity contribution in [2.24, 2.45) is 5.16 Å². The first-order valence-electron chi connectivity index (χ1n) is 7.28. The van der Waals surface area contributed by atoms with E-state index in [4.69, 9.17) is 4.84 Å². The van der Waals surface area contributed by atoms with E-state index in [1.807, 2.05) is 13.0 Å². The Morgan fingerprint density at radius 3 is 2.78 bits per heavy atom. The molecule has 2 heterocycles. The summed E-state index contributed by atoms with van der Waals surface area (Å²) in [6.07, 6.45) is 0.906. The molecule has 0 spiro atoms. The van der Waals surface area contributed by atoms with Gasteiger partial charge in [0.15, 0.2) is 0 Å². The van der Waals surface area contributed by atoms with Gasteiger partial charge in [-0.1, -0.05) is 29.4 Å². The molecule has 1 aromatic carbocycles. The number of hydrogen-bond acceptors (Lipinski definition) is 4. The average Bonchev–Trinajstić information content (AvgIpc) is 2.55. The third-order valence-electron chi connectivity index (χ3n) is 3.67. The standard InChI is InChI=1S/C17H16FN3O2/c1-11-6-5-9-19-15(11)16-20-23-12(2)17(22)21(16)10-13-7-3-4-8-14(13)18/h3-9,12H,10H2,1-2H3. The highest BCUT2D eigenvalue weighted by molar-refractivity contribution is 6.09. The van der Waals surface area contributed by atoms with Crippen LogP contribution >= 0.6 is 0 Å². The summed E-state index contributed by atoms with van der Waals surface area (Å²) in [4.78, 5) is 23.4. The van der Waals surface area contributed by atoms with Crippen LogP contribution in [0.4, 0.5) is 4.39 Å². The Hall–Kier alpha value is -2.76. The molecule has 1 aliphatic rings. The van der Waals surface area contributed by atoms with Gasteiger partial charge in [0.2, 0.25) is 11.9 Å². The predicted molar refractivity (Wildman–Crippen MR) is 83.0 cm³/mol. The van der Waals surface area contributed by atoms with Crippen LogP contribution in [-0.4, -0.2) is 27.7 Å². The summed E-state index contributed by atoms with van der Waals surface area (Å²) in [5.41, 5.74) is 1.82. The van der Waals surface area contributed by atoms with Gasteiger partial charge >= 0.3 is 0 Å². The maximum Gasteiger partial charge on any atom is 0.272 e. The molecule has 1 aromatic heterocycles. The van der Waals surface area contributed by atoms with Crippen molar-refractivity contribution in [2.45, 2.75) is 26.5 Å².